The van der Waals surface area contributed by atoms with Crippen molar-refractivity contribution in [3.63, 3.8) is 0 Å². The van der Waals surface area contributed by atoms with Gasteiger partial charge in [-0.25, -0.2) is 0 Å². The minimum atomic E-state index is -0.432. The Hall–Kier alpha value is -3.13. The fraction of sp³-hybridized carbons (Fsp3) is 0.125. The van der Waals surface area contributed by atoms with Gasteiger partial charge < -0.3 is 10.6 Å². The molecule has 9 heteroatoms. The zero-order chi connectivity index (χ0) is 18.0. The highest BCUT2D eigenvalue weighted by atomic mass is 35.5. The van der Waals surface area contributed by atoms with Crippen LogP contribution in [-0.2, 0) is 14.1 Å². The lowest BCUT2D eigenvalue weighted by atomic mass is 10.2. The van der Waals surface area contributed by atoms with Gasteiger partial charge in [-0.1, -0.05) is 17.7 Å². The van der Waals surface area contributed by atoms with Gasteiger partial charge in [-0.2, -0.15) is 10.2 Å². The first-order valence-corrected chi connectivity index (χ1v) is 7.72. The fourth-order valence-corrected chi connectivity index (χ4v) is 2.47. The number of hydrogen-bond acceptors (Lipinski definition) is 4. The second-order valence-electron chi connectivity index (χ2n) is 5.36. The van der Waals surface area contributed by atoms with E-state index in [1.807, 2.05) is 0 Å². The summed E-state index contributed by atoms with van der Waals surface area (Å²) >= 11 is 5.97. The SMILES string of the molecule is Cn1ccc(C(=O)Nc2cccc(NC(=O)c3nn(C)cc3Cl)c2)n1. The van der Waals surface area contributed by atoms with Crippen molar-refractivity contribution in [3.05, 3.63) is 59.1 Å². The molecular formula is C16H15ClN6O2. The molecule has 0 fully saturated rings. The van der Waals surface area contributed by atoms with Crippen LogP contribution in [0.15, 0.2) is 42.7 Å². The quantitative estimate of drug-likeness (QED) is 0.748. The molecule has 25 heavy (non-hydrogen) atoms. The monoisotopic (exact) mass is 358 g/mol. The maximum atomic E-state index is 12.2. The number of amides is 2. The van der Waals surface area contributed by atoms with Crippen LogP contribution in [-0.4, -0.2) is 31.4 Å². The van der Waals surface area contributed by atoms with Gasteiger partial charge >= 0.3 is 0 Å². The number of carbonyl (C=O) groups excluding carboxylic acids is 2. The van der Waals surface area contributed by atoms with Crippen LogP contribution in [0, 0.1) is 0 Å². The van der Waals surface area contributed by atoms with Gasteiger partial charge in [-0.15, -0.1) is 0 Å². The molecule has 0 spiro atoms. The number of nitrogens with zero attached hydrogens (tertiary/aromatic N) is 4. The van der Waals surface area contributed by atoms with E-state index in [0.717, 1.165) is 0 Å². The third-order valence-electron chi connectivity index (χ3n) is 3.32. The number of carbonyl (C=O) groups is 2. The Bertz CT molecular complexity index is 946. The normalized spacial score (nSPS) is 10.5. The molecule has 0 radical (unpaired) electrons. The molecule has 128 valence electrons. The van der Waals surface area contributed by atoms with E-state index in [0.29, 0.717) is 17.1 Å². The zero-order valence-electron chi connectivity index (χ0n) is 13.5. The molecule has 2 aromatic heterocycles. The van der Waals surface area contributed by atoms with Crippen molar-refractivity contribution < 1.29 is 9.59 Å². The van der Waals surface area contributed by atoms with Gasteiger partial charge in [0.2, 0.25) is 0 Å². The summed E-state index contributed by atoms with van der Waals surface area (Å²) in [6.45, 7) is 0. The third kappa shape index (κ3) is 3.86. The number of anilines is 2. The number of aryl methyl sites for hydroxylation is 2. The van der Waals surface area contributed by atoms with E-state index in [1.54, 1.807) is 61.5 Å². The molecule has 0 aliphatic heterocycles. The first-order chi connectivity index (χ1) is 11.9. The summed E-state index contributed by atoms with van der Waals surface area (Å²) in [7, 11) is 3.41. The van der Waals surface area contributed by atoms with Crippen LogP contribution < -0.4 is 10.6 Å². The first kappa shape index (κ1) is 16.7. The average Bonchev–Trinajstić information content (AvgIpc) is 3.13. The van der Waals surface area contributed by atoms with E-state index in [1.165, 1.54) is 4.68 Å². The predicted molar refractivity (Wildman–Crippen MR) is 93.8 cm³/mol. The molecule has 2 heterocycles. The smallest absolute Gasteiger partial charge is 0.277 e. The van der Waals surface area contributed by atoms with Crippen molar-refractivity contribution in [1.82, 2.24) is 19.6 Å². The molecule has 3 rings (SSSR count). The number of halogens is 1. The van der Waals surface area contributed by atoms with E-state index >= 15 is 0 Å². The largest absolute Gasteiger partial charge is 0.321 e. The van der Waals surface area contributed by atoms with Crippen molar-refractivity contribution in [3.8, 4) is 0 Å². The van der Waals surface area contributed by atoms with Crippen molar-refractivity contribution in [2.45, 2.75) is 0 Å². The summed E-state index contributed by atoms with van der Waals surface area (Å²) < 4.78 is 3.00. The molecule has 0 atom stereocenters. The Kier molecular flexibility index (Phi) is 4.53. The highest BCUT2D eigenvalue weighted by molar-refractivity contribution is 6.34. The maximum Gasteiger partial charge on any atom is 0.277 e. The van der Waals surface area contributed by atoms with E-state index in [9.17, 15) is 9.59 Å². The molecule has 2 N–H and O–H groups in total. The number of aromatic nitrogens is 4. The van der Waals surface area contributed by atoms with E-state index in [4.69, 9.17) is 11.6 Å². The van der Waals surface area contributed by atoms with Gasteiger partial charge in [-0.3, -0.25) is 19.0 Å². The Morgan fingerprint density at radius 1 is 1.00 bits per heavy atom. The number of nitrogens with one attached hydrogen (secondary N) is 2. The molecule has 2 amide bonds. The highest BCUT2D eigenvalue weighted by Gasteiger charge is 2.15. The molecule has 0 unspecified atom stereocenters. The minimum Gasteiger partial charge on any atom is -0.321 e. The second-order valence-corrected chi connectivity index (χ2v) is 5.77. The standard InChI is InChI=1S/C16H15ClN6O2/c1-22-7-6-13(20-22)15(24)18-10-4-3-5-11(8-10)19-16(25)14-12(17)9-23(2)21-14/h3-9H,1-2H3,(H,18,24)(H,19,25). The molecule has 1 aromatic carbocycles. The van der Waals surface area contributed by atoms with Crippen LogP contribution in [0.3, 0.4) is 0 Å². The summed E-state index contributed by atoms with van der Waals surface area (Å²) in [4.78, 5) is 24.4. The molecule has 8 nitrogen and oxygen atoms in total. The summed E-state index contributed by atoms with van der Waals surface area (Å²) in [5, 5.41) is 13.7. The lowest BCUT2D eigenvalue weighted by molar-refractivity contribution is 0.101. The third-order valence-corrected chi connectivity index (χ3v) is 3.60. The maximum absolute atomic E-state index is 12.2. The predicted octanol–water partition coefficient (Wildman–Crippen LogP) is 2.31. The van der Waals surface area contributed by atoms with Gasteiger partial charge in [-0.05, 0) is 24.3 Å². The van der Waals surface area contributed by atoms with Gasteiger partial charge in [0.15, 0.2) is 11.4 Å². The number of hydrogen-bond donors (Lipinski definition) is 2. The molecule has 0 aliphatic rings. The van der Waals surface area contributed by atoms with Crippen LogP contribution in [0.1, 0.15) is 21.0 Å². The molecule has 0 bridgehead atoms. The van der Waals surface area contributed by atoms with Gasteiger partial charge in [0, 0.05) is 37.9 Å². The Morgan fingerprint density at radius 2 is 1.68 bits per heavy atom. The van der Waals surface area contributed by atoms with Crippen molar-refractivity contribution in [1.29, 1.82) is 0 Å². The Morgan fingerprint density at radius 3 is 2.24 bits per heavy atom. The molecule has 0 saturated carbocycles. The van der Waals surface area contributed by atoms with Crippen LogP contribution in [0.25, 0.3) is 0 Å². The van der Waals surface area contributed by atoms with Crippen molar-refractivity contribution >= 4 is 34.8 Å². The summed E-state index contributed by atoms with van der Waals surface area (Å²) in [5.41, 5.74) is 1.47. The lowest BCUT2D eigenvalue weighted by Crippen LogP contribution is -2.15. The topological polar surface area (TPSA) is 93.8 Å². The molecular weight excluding hydrogens is 344 g/mol. The van der Waals surface area contributed by atoms with Crippen LogP contribution in [0.2, 0.25) is 5.02 Å². The zero-order valence-corrected chi connectivity index (χ0v) is 14.3. The minimum absolute atomic E-state index is 0.132. The number of benzene rings is 1. The van der Waals surface area contributed by atoms with E-state index in [2.05, 4.69) is 20.8 Å². The Labute approximate surface area is 148 Å². The fourth-order valence-electron chi connectivity index (χ4n) is 2.21. The highest BCUT2D eigenvalue weighted by Crippen LogP contribution is 2.19. The van der Waals surface area contributed by atoms with Gasteiger partial charge in [0.05, 0.1) is 5.02 Å². The van der Waals surface area contributed by atoms with Crippen LogP contribution in [0.5, 0.6) is 0 Å². The van der Waals surface area contributed by atoms with Crippen molar-refractivity contribution in [2.75, 3.05) is 10.6 Å². The second kappa shape index (κ2) is 6.78. The van der Waals surface area contributed by atoms with Crippen LogP contribution >= 0.6 is 11.6 Å². The summed E-state index contributed by atoms with van der Waals surface area (Å²) in [6, 6.07) is 8.37. The van der Waals surface area contributed by atoms with E-state index < -0.39 is 5.91 Å². The molecule has 3 aromatic rings. The van der Waals surface area contributed by atoms with E-state index in [-0.39, 0.29) is 16.6 Å². The first-order valence-electron chi connectivity index (χ1n) is 7.34. The van der Waals surface area contributed by atoms with Gasteiger partial charge in [0.1, 0.15) is 0 Å². The summed E-state index contributed by atoms with van der Waals surface area (Å²) in [6.07, 6.45) is 3.22. The van der Waals surface area contributed by atoms with Gasteiger partial charge in [0.25, 0.3) is 11.8 Å². The van der Waals surface area contributed by atoms with Crippen LogP contribution in [0.4, 0.5) is 11.4 Å². The lowest BCUT2D eigenvalue weighted by Gasteiger charge is -2.07. The summed E-state index contributed by atoms with van der Waals surface area (Å²) in [5.74, 6) is -0.768. The molecule has 0 saturated heterocycles. The number of rotatable bonds is 4. The Balaban J connectivity index is 1.72. The average molecular weight is 359 g/mol. The molecule has 0 aliphatic carbocycles. The van der Waals surface area contributed by atoms with Crippen molar-refractivity contribution in [2.24, 2.45) is 14.1 Å².